The topological polar surface area (TPSA) is 60.7 Å². The number of fused-ring (bicyclic) bond motifs is 3. The molecule has 3 aliphatic carbocycles. The van der Waals surface area contributed by atoms with Gasteiger partial charge in [-0.05, 0) is 54.9 Å². The van der Waals surface area contributed by atoms with Gasteiger partial charge in [0.1, 0.15) is 0 Å². The van der Waals surface area contributed by atoms with E-state index in [1.807, 2.05) is 13.0 Å². The number of hydrogen-bond donors (Lipinski definition) is 3. The summed E-state index contributed by atoms with van der Waals surface area (Å²) in [6.45, 7) is 10.5. The molecule has 7 atom stereocenters. The summed E-state index contributed by atoms with van der Waals surface area (Å²) < 4.78 is 0. The van der Waals surface area contributed by atoms with Gasteiger partial charge < -0.3 is 15.3 Å². The molecule has 130 valence electrons. The lowest BCUT2D eigenvalue weighted by atomic mass is 9.44. The third-order valence-electron chi connectivity index (χ3n) is 7.63. The van der Waals surface area contributed by atoms with Crippen molar-refractivity contribution in [2.45, 2.75) is 65.1 Å². The molecule has 0 aliphatic heterocycles. The van der Waals surface area contributed by atoms with E-state index in [1.165, 1.54) is 5.57 Å². The smallest absolute Gasteiger partial charge is 0.0756 e. The molecule has 3 rings (SSSR count). The minimum Gasteiger partial charge on any atom is -0.396 e. The second-order valence-corrected chi connectivity index (χ2v) is 8.97. The Morgan fingerprint density at radius 2 is 1.91 bits per heavy atom. The third kappa shape index (κ3) is 2.35. The van der Waals surface area contributed by atoms with Crippen molar-refractivity contribution in [3.8, 4) is 0 Å². The van der Waals surface area contributed by atoms with Crippen molar-refractivity contribution in [3.05, 3.63) is 24.3 Å². The molecule has 0 bridgehead atoms. The zero-order chi connectivity index (χ0) is 17.0. The molecule has 23 heavy (non-hydrogen) atoms. The summed E-state index contributed by atoms with van der Waals surface area (Å²) in [5.74, 6) is 0.497. The van der Waals surface area contributed by atoms with Crippen LogP contribution in [0.4, 0.5) is 0 Å². The van der Waals surface area contributed by atoms with Crippen molar-refractivity contribution in [3.63, 3.8) is 0 Å². The molecule has 0 aromatic rings. The molecule has 2 saturated carbocycles. The van der Waals surface area contributed by atoms with Gasteiger partial charge in [0.05, 0.1) is 18.8 Å². The number of allylic oxidation sites excluding steroid dienone is 2. The molecule has 0 spiro atoms. The highest BCUT2D eigenvalue weighted by Gasteiger charge is 2.60. The minimum atomic E-state index is -0.515. The van der Waals surface area contributed by atoms with Crippen LogP contribution >= 0.6 is 0 Å². The van der Waals surface area contributed by atoms with Crippen LogP contribution in [0.15, 0.2) is 24.3 Å². The van der Waals surface area contributed by atoms with E-state index in [0.29, 0.717) is 12.3 Å². The van der Waals surface area contributed by atoms with Crippen LogP contribution in [-0.4, -0.2) is 34.1 Å². The van der Waals surface area contributed by atoms with Gasteiger partial charge in [0.2, 0.25) is 0 Å². The first-order chi connectivity index (χ1) is 10.7. The van der Waals surface area contributed by atoms with Gasteiger partial charge in [0.25, 0.3) is 0 Å². The predicted molar refractivity (Wildman–Crippen MR) is 91.8 cm³/mol. The lowest BCUT2D eigenvalue weighted by molar-refractivity contribution is -0.166. The molecule has 3 N–H and O–H groups in total. The van der Waals surface area contributed by atoms with Crippen molar-refractivity contribution in [2.24, 2.45) is 28.1 Å². The minimum absolute atomic E-state index is 0.0166. The monoisotopic (exact) mass is 320 g/mol. The van der Waals surface area contributed by atoms with Gasteiger partial charge in [0, 0.05) is 10.8 Å². The number of aliphatic hydroxyl groups is 3. The van der Waals surface area contributed by atoms with E-state index in [-0.39, 0.29) is 23.4 Å². The summed E-state index contributed by atoms with van der Waals surface area (Å²) in [7, 11) is 0. The summed E-state index contributed by atoms with van der Waals surface area (Å²) in [6.07, 6.45) is 7.76. The van der Waals surface area contributed by atoms with Crippen molar-refractivity contribution in [1.82, 2.24) is 0 Å². The summed E-state index contributed by atoms with van der Waals surface area (Å²) in [4.78, 5) is 0. The number of aliphatic hydroxyl groups excluding tert-OH is 3. The van der Waals surface area contributed by atoms with Crippen molar-refractivity contribution in [1.29, 1.82) is 0 Å². The molecule has 0 amide bonds. The Kier molecular flexibility index (Phi) is 4.06. The lowest BCUT2D eigenvalue weighted by Crippen LogP contribution is -2.60. The van der Waals surface area contributed by atoms with Crippen LogP contribution in [0.5, 0.6) is 0 Å². The maximum atomic E-state index is 10.8. The second kappa shape index (κ2) is 5.44. The average molecular weight is 320 g/mol. The largest absolute Gasteiger partial charge is 0.396 e. The Labute approximate surface area is 140 Å². The SMILES string of the molecule is C=C[C@]1(C)C=C2C(CC1)[C@@]1(C)CC[C@H](O)[C@@](C)(CO)[C@@H]1C[C@H]2O. The maximum Gasteiger partial charge on any atom is 0.0756 e. The molecule has 1 unspecified atom stereocenters. The summed E-state index contributed by atoms with van der Waals surface area (Å²) in [6, 6.07) is 0. The molecular formula is C20H32O3. The van der Waals surface area contributed by atoms with Gasteiger partial charge in [-0.15, -0.1) is 6.58 Å². The zero-order valence-corrected chi connectivity index (χ0v) is 14.8. The summed E-state index contributed by atoms with van der Waals surface area (Å²) in [5.41, 5.74) is 0.682. The second-order valence-electron chi connectivity index (χ2n) is 8.97. The molecule has 2 fully saturated rings. The molecule has 0 radical (unpaired) electrons. The van der Waals surface area contributed by atoms with Gasteiger partial charge in [-0.2, -0.15) is 0 Å². The quantitative estimate of drug-likeness (QED) is 0.685. The number of hydrogen-bond acceptors (Lipinski definition) is 3. The molecule has 3 nitrogen and oxygen atoms in total. The maximum absolute atomic E-state index is 10.8. The van der Waals surface area contributed by atoms with E-state index in [0.717, 1.165) is 25.7 Å². The van der Waals surface area contributed by atoms with E-state index in [4.69, 9.17) is 0 Å². The first-order valence-electron chi connectivity index (χ1n) is 9.03. The van der Waals surface area contributed by atoms with Gasteiger partial charge in [-0.3, -0.25) is 0 Å². The Morgan fingerprint density at radius 3 is 2.52 bits per heavy atom. The lowest BCUT2D eigenvalue weighted by Gasteiger charge is -2.62. The van der Waals surface area contributed by atoms with Gasteiger partial charge in [0.15, 0.2) is 0 Å². The average Bonchev–Trinajstić information content (AvgIpc) is 2.54. The normalized spacial score (nSPS) is 53.0. The fourth-order valence-electron chi connectivity index (χ4n) is 5.84. The third-order valence-corrected chi connectivity index (χ3v) is 7.63. The van der Waals surface area contributed by atoms with E-state index in [2.05, 4.69) is 26.5 Å². The van der Waals surface area contributed by atoms with Crippen molar-refractivity contribution >= 4 is 0 Å². The van der Waals surface area contributed by atoms with Crippen LogP contribution in [0.2, 0.25) is 0 Å². The first kappa shape index (κ1) is 17.2. The van der Waals surface area contributed by atoms with Crippen LogP contribution in [0, 0.1) is 28.1 Å². The predicted octanol–water partition coefficient (Wildman–Crippen LogP) is 3.06. The Bertz CT molecular complexity index is 527. The molecule has 3 aliphatic rings. The molecule has 0 aromatic heterocycles. The number of rotatable bonds is 2. The summed E-state index contributed by atoms with van der Waals surface area (Å²) >= 11 is 0. The molecule has 0 heterocycles. The fourth-order valence-corrected chi connectivity index (χ4v) is 5.84. The highest BCUT2D eigenvalue weighted by atomic mass is 16.3. The molecule has 0 saturated heterocycles. The van der Waals surface area contributed by atoms with E-state index < -0.39 is 17.6 Å². The first-order valence-corrected chi connectivity index (χ1v) is 9.03. The van der Waals surface area contributed by atoms with Crippen LogP contribution in [0.3, 0.4) is 0 Å². The van der Waals surface area contributed by atoms with Gasteiger partial charge in [-0.25, -0.2) is 0 Å². The molecule has 0 aromatic carbocycles. The van der Waals surface area contributed by atoms with Crippen LogP contribution < -0.4 is 0 Å². The standard InChI is InChI=1S/C20H32O3/c1-5-18(2)8-6-14-13(11-18)15(22)10-16-19(14,3)9-7-17(23)20(16,4)12-21/h5,11,14-17,21-23H,1,6-10,12H2,2-4H3/t14?,15-,16-,17+,18+,19-,20+/m1/s1. The van der Waals surface area contributed by atoms with Gasteiger partial charge in [-0.1, -0.05) is 32.9 Å². The van der Waals surface area contributed by atoms with Crippen molar-refractivity contribution in [2.75, 3.05) is 6.61 Å². The summed E-state index contributed by atoms with van der Waals surface area (Å²) in [5, 5.41) is 31.4. The highest BCUT2D eigenvalue weighted by Crippen LogP contribution is 2.63. The van der Waals surface area contributed by atoms with Crippen LogP contribution in [0.1, 0.15) is 52.9 Å². The highest BCUT2D eigenvalue weighted by molar-refractivity contribution is 5.30. The Balaban J connectivity index is 2.04. The van der Waals surface area contributed by atoms with Gasteiger partial charge >= 0.3 is 0 Å². The fraction of sp³-hybridized carbons (Fsp3) is 0.800. The van der Waals surface area contributed by atoms with E-state index >= 15 is 0 Å². The van der Waals surface area contributed by atoms with Crippen LogP contribution in [0.25, 0.3) is 0 Å². The van der Waals surface area contributed by atoms with Crippen molar-refractivity contribution < 1.29 is 15.3 Å². The van der Waals surface area contributed by atoms with Crippen LogP contribution in [-0.2, 0) is 0 Å². The Morgan fingerprint density at radius 1 is 1.22 bits per heavy atom. The van der Waals surface area contributed by atoms with E-state index in [9.17, 15) is 15.3 Å². The Hall–Kier alpha value is -0.640. The van der Waals surface area contributed by atoms with E-state index in [1.54, 1.807) is 0 Å². The molecular weight excluding hydrogens is 288 g/mol. The zero-order valence-electron chi connectivity index (χ0n) is 14.8. The molecule has 3 heteroatoms.